The molecule has 0 unspecified atom stereocenters. The number of carbonyl (C=O) groups excluding carboxylic acids is 3. The van der Waals surface area contributed by atoms with Crippen molar-refractivity contribution in [2.45, 2.75) is 26.1 Å². The van der Waals surface area contributed by atoms with Gasteiger partial charge in [-0.2, -0.15) is 13.2 Å². The molecule has 0 radical (unpaired) electrons. The number of halogens is 3. The highest BCUT2D eigenvalue weighted by Crippen LogP contribution is 2.27. The van der Waals surface area contributed by atoms with Gasteiger partial charge >= 0.3 is 18.1 Å². The van der Waals surface area contributed by atoms with E-state index in [0.29, 0.717) is 12.3 Å². The van der Waals surface area contributed by atoms with Gasteiger partial charge in [-0.3, -0.25) is 9.78 Å². The van der Waals surface area contributed by atoms with E-state index in [1.807, 2.05) is 0 Å². The Morgan fingerprint density at radius 3 is 2.04 bits per heavy atom. The number of hydrogen-bond acceptors (Lipinski definition) is 6. The highest BCUT2D eigenvalue weighted by molar-refractivity contribution is 6.05. The summed E-state index contributed by atoms with van der Waals surface area (Å²) in [7, 11) is 0. The molecule has 1 aromatic rings. The van der Waals surface area contributed by atoms with Crippen LogP contribution < -0.4 is 5.32 Å². The molecule has 0 bridgehead atoms. The van der Waals surface area contributed by atoms with Crippen LogP contribution in [-0.2, 0) is 25.2 Å². The summed E-state index contributed by atoms with van der Waals surface area (Å²) in [5.74, 6) is -3.05. The van der Waals surface area contributed by atoms with E-state index in [4.69, 9.17) is 0 Å². The number of amides is 1. The van der Waals surface area contributed by atoms with Crippen molar-refractivity contribution in [3.05, 3.63) is 29.6 Å². The monoisotopic (exact) mass is 348 g/mol. The van der Waals surface area contributed by atoms with E-state index >= 15 is 0 Å². The second-order valence-electron chi connectivity index (χ2n) is 4.34. The Balaban J connectivity index is 2.91. The van der Waals surface area contributed by atoms with E-state index in [1.165, 1.54) is 13.8 Å². The Hall–Kier alpha value is -2.65. The van der Waals surface area contributed by atoms with Crippen molar-refractivity contribution in [3.63, 3.8) is 0 Å². The molecule has 1 amide bonds. The zero-order valence-electron chi connectivity index (χ0n) is 12.8. The lowest BCUT2D eigenvalue weighted by Crippen LogP contribution is -2.48. The van der Waals surface area contributed by atoms with Gasteiger partial charge in [0.15, 0.2) is 0 Å². The Kier molecular flexibility index (Phi) is 6.69. The van der Waals surface area contributed by atoms with E-state index < -0.39 is 35.8 Å². The average Bonchev–Trinajstić information content (AvgIpc) is 2.52. The van der Waals surface area contributed by atoms with Crippen LogP contribution in [0.25, 0.3) is 0 Å². The van der Waals surface area contributed by atoms with E-state index in [-0.39, 0.29) is 18.8 Å². The summed E-state index contributed by atoms with van der Waals surface area (Å²) in [5.41, 5.74) is -1.44. The normalized spacial score (nSPS) is 11.1. The van der Waals surface area contributed by atoms with Crippen molar-refractivity contribution >= 4 is 17.8 Å². The summed E-state index contributed by atoms with van der Waals surface area (Å²) in [5, 5.41) is 2.05. The van der Waals surface area contributed by atoms with E-state index in [1.54, 1.807) is 0 Å². The molecule has 1 heterocycles. The zero-order valence-corrected chi connectivity index (χ0v) is 12.8. The fourth-order valence-electron chi connectivity index (χ4n) is 1.58. The van der Waals surface area contributed by atoms with Crippen LogP contribution in [0.1, 0.15) is 29.9 Å². The smallest absolute Gasteiger partial charge is 0.433 e. The first kappa shape index (κ1) is 19.4. The Bertz CT molecular complexity index is 583. The van der Waals surface area contributed by atoms with Gasteiger partial charge in [-0.15, -0.1) is 0 Å². The largest absolute Gasteiger partial charge is 0.464 e. The third kappa shape index (κ3) is 5.21. The molecule has 0 aliphatic heterocycles. The van der Waals surface area contributed by atoms with Gasteiger partial charge in [0, 0.05) is 6.20 Å². The van der Waals surface area contributed by atoms with Gasteiger partial charge in [0.1, 0.15) is 5.69 Å². The summed E-state index contributed by atoms with van der Waals surface area (Å²) in [4.78, 5) is 38.5. The first-order valence-corrected chi connectivity index (χ1v) is 6.88. The molecule has 0 aliphatic rings. The SMILES string of the molecule is CCOC(=O)C(NC(=O)c1ccc(C(F)(F)F)nc1)C(=O)OCC. The van der Waals surface area contributed by atoms with Crippen LogP contribution >= 0.6 is 0 Å². The number of aromatic nitrogens is 1. The molecule has 0 aromatic carbocycles. The molecule has 0 atom stereocenters. The van der Waals surface area contributed by atoms with Gasteiger partial charge in [-0.25, -0.2) is 9.59 Å². The molecular formula is C14H15F3N2O5. The minimum Gasteiger partial charge on any atom is -0.464 e. The highest BCUT2D eigenvalue weighted by Gasteiger charge is 2.34. The number of carbonyl (C=O) groups is 3. The number of nitrogens with one attached hydrogen (secondary N) is 1. The number of pyridine rings is 1. The van der Waals surface area contributed by atoms with Gasteiger partial charge < -0.3 is 14.8 Å². The maximum absolute atomic E-state index is 12.4. The van der Waals surface area contributed by atoms with E-state index in [0.717, 1.165) is 6.07 Å². The quantitative estimate of drug-likeness (QED) is 0.616. The lowest BCUT2D eigenvalue weighted by molar-refractivity contribution is -0.157. The van der Waals surface area contributed by atoms with Crippen LogP contribution in [0.15, 0.2) is 18.3 Å². The first-order chi connectivity index (χ1) is 11.2. The standard InChI is InChI=1S/C14H15F3N2O5/c1-3-23-12(21)10(13(22)24-4-2)19-11(20)8-5-6-9(18-7-8)14(15,16)17/h5-7,10H,3-4H2,1-2H3,(H,19,20). The maximum Gasteiger partial charge on any atom is 0.433 e. The molecule has 1 N–H and O–H groups in total. The molecule has 0 saturated carbocycles. The summed E-state index contributed by atoms with van der Waals surface area (Å²) in [6.45, 7) is 2.93. The van der Waals surface area contributed by atoms with Gasteiger partial charge in [0.2, 0.25) is 6.04 Å². The summed E-state index contributed by atoms with van der Waals surface area (Å²) >= 11 is 0. The van der Waals surface area contributed by atoms with E-state index in [9.17, 15) is 27.6 Å². The lowest BCUT2D eigenvalue weighted by Gasteiger charge is -2.16. The van der Waals surface area contributed by atoms with Crippen LogP contribution in [0.3, 0.4) is 0 Å². The van der Waals surface area contributed by atoms with Gasteiger partial charge in [0.25, 0.3) is 5.91 Å². The molecule has 0 aliphatic carbocycles. The fourth-order valence-corrected chi connectivity index (χ4v) is 1.58. The van der Waals surface area contributed by atoms with Crippen LogP contribution in [0, 0.1) is 0 Å². The lowest BCUT2D eigenvalue weighted by atomic mass is 10.2. The van der Waals surface area contributed by atoms with Crippen molar-refractivity contribution < 1.29 is 37.0 Å². The topological polar surface area (TPSA) is 94.6 Å². The molecule has 7 nitrogen and oxygen atoms in total. The minimum atomic E-state index is -4.65. The van der Waals surface area contributed by atoms with Crippen LogP contribution in [0.5, 0.6) is 0 Å². The maximum atomic E-state index is 12.4. The molecule has 0 saturated heterocycles. The minimum absolute atomic E-state index is 0.0353. The molecule has 1 aromatic heterocycles. The van der Waals surface area contributed by atoms with Gasteiger partial charge in [-0.1, -0.05) is 0 Å². The summed E-state index contributed by atoms with van der Waals surface area (Å²) in [6.07, 6.45) is -3.96. The third-order valence-corrected chi connectivity index (χ3v) is 2.64. The van der Waals surface area contributed by atoms with Crippen molar-refractivity contribution in [3.8, 4) is 0 Å². The van der Waals surface area contributed by atoms with Gasteiger partial charge in [-0.05, 0) is 26.0 Å². The predicted octanol–water partition coefficient (Wildman–Crippen LogP) is 1.32. The number of ether oxygens (including phenoxy) is 2. The van der Waals surface area contributed by atoms with Crippen LogP contribution in [-0.4, -0.2) is 42.1 Å². The molecule has 1 rings (SSSR count). The van der Waals surface area contributed by atoms with Crippen molar-refractivity contribution in [1.29, 1.82) is 0 Å². The molecule has 24 heavy (non-hydrogen) atoms. The summed E-state index contributed by atoms with van der Waals surface area (Å²) in [6, 6.07) is -0.239. The van der Waals surface area contributed by atoms with E-state index in [2.05, 4.69) is 19.8 Å². The zero-order chi connectivity index (χ0) is 18.3. The Morgan fingerprint density at radius 2 is 1.67 bits per heavy atom. The Morgan fingerprint density at radius 1 is 1.12 bits per heavy atom. The van der Waals surface area contributed by atoms with Crippen molar-refractivity contribution in [1.82, 2.24) is 10.3 Å². The first-order valence-electron chi connectivity index (χ1n) is 6.88. The number of hydrogen-bond donors (Lipinski definition) is 1. The second kappa shape index (κ2) is 8.27. The third-order valence-electron chi connectivity index (χ3n) is 2.64. The van der Waals surface area contributed by atoms with Crippen molar-refractivity contribution in [2.75, 3.05) is 13.2 Å². The number of esters is 2. The molecule has 0 spiro atoms. The Labute approximate surface area is 135 Å². The number of alkyl halides is 3. The number of nitrogens with zero attached hydrogens (tertiary/aromatic N) is 1. The highest BCUT2D eigenvalue weighted by atomic mass is 19.4. The molecular weight excluding hydrogens is 333 g/mol. The van der Waals surface area contributed by atoms with Crippen molar-refractivity contribution in [2.24, 2.45) is 0 Å². The molecule has 132 valence electrons. The molecule has 10 heteroatoms. The summed E-state index contributed by atoms with van der Waals surface area (Å²) < 4.78 is 46.6. The predicted molar refractivity (Wildman–Crippen MR) is 73.8 cm³/mol. The number of rotatable bonds is 6. The van der Waals surface area contributed by atoms with Gasteiger partial charge in [0.05, 0.1) is 18.8 Å². The fraction of sp³-hybridized carbons (Fsp3) is 0.429. The average molecular weight is 348 g/mol. The second-order valence-corrected chi connectivity index (χ2v) is 4.34. The molecule has 0 fully saturated rings. The van der Waals surface area contributed by atoms with Crippen LogP contribution in [0.2, 0.25) is 0 Å². The van der Waals surface area contributed by atoms with Crippen LogP contribution in [0.4, 0.5) is 13.2 Å².